The molecule has 1 unspecified atom stereocenters. The van der Waals surface area contributed by atoms with E-state index in [1.807, 2.05) is 0 Å². The van der Waals surface area contributed by atoms with Crippen LogP contribution in [0.15, 0.2) is 67.0 Å². The molecule has 3 aromatic rings. The van der Waals surface area contributed by atoms with Crippen molar-refractivity contribution in [1.82, 2.24) is 9.88 Å². The first-order valence-electron chi connectivity index (χ1n) is 9.73. The van der Waals surface area contributed by atoms with Crippen LogP contribution < -0.4 is 9.47 Å². The molecular formula is C23H20ClFN2O4. The van der Waals surface area contributed by atoms with E-state index in [4.69, 9.17) is 25.8 Å². The van der Waals surface area contributed by atoms with Gasteiger partial charge in [0.15, 0.2) is 0 Å². The van der Waals surface area contributed by atoms with Gasteiger partial charge in [-0.1, -0.05) is 17.7 Å². The average molecular weight is 443 g/mol. The monoisotopic (exact) mass is 442 g/mol. The van der Waals surface area contributed by atoms with Crippen molar-refractivity contribution in [3.63, 3.8) is 0 Å². The summed E-state index contributed by atoms with van der Waals surface area (Å²) in [6.45, 7) is 0.942. The van der Waals surface area contributed by atoms with Crippen molar-refractivity contribution in [2.75, 3.05) is 26.4 Å². The zero-order valence-corrected chi connectivity index (χ0v) is 17.3. The fourth-order valence-corrected chi connectivity index (χ4v) is 3.51. The lowest BCUT2D eigenvalue weighted by Crippen LogP contribution is -2.46. The number of pyridine rings is 1. The molecule has 1 amide bonds. The smallest absolute Gasteiger partial charge is 0.249 e. The van der Waals surface area contributed by atoms with Crippen molar-refractivity contribution >= 4 is 17.5 Å². The normalized spacial score (nSPS) is 16.3. The summed E-state index contributed by atoms with van der Waals surface area (Å²) in [4.78, 5) is 18.5. The molecule has 4 rings (SSSR count). The molecule has 1 aliphatic rings. The Morgan fingerprint density at radius 1 is 1.16 bits per heavy atom. The van der Waals surface area contributed by atoms with Gasteiger partial charge in [0, 0.05) is 23.0 Å². The maximum atomic E-state index is 13.2. The van der Waals surface area contributed by atoms with Gasteiger partial charge in [0.1, 0.15) is 36.3 Å². The van der Waals surface area contributed by atoms with Gasteiger partial charge >= 0.3 is 0 Å². The van der Waals surface area contributed by atoms with Gasteiger partial charge in [0.2, 0.25) is 5.91 Å². The predicted octanol–water partition coefficient (Wildman–Crippen LogP) is 4.65. The van der Waals surface area contributed by atoms with Gasteiger partial charge < -0.3 is 19.1 Å². The van der Waals surface area contributed by atoms with Gasteiger partial charge in [-0.15, -0.1) is 0 Å². The summed E-state index contributed by atoms with van der Waals surface area (Å²) in [7, 11) is 0. The summed E-state index contributed by atoms with van der Waals surface area (Å²) < 4.78 is 30.4. The number of hydrogen-bond donors (Lipinski definition) is 0. The number of rotatable bonds is 7. The van der Waals surface area contributed by atoms with E-state index < -0.39 is 6.04 Å². The maximum Gasteiger partial charge on any atom is 0.249 e. The van der Waals surface area contributed by atoms with Crippen LogP contribution in [-0.4, -0.2) is 42.2 Å². The number of amides is 1. The molecule has 6 nitrogen and oxygen atoms in total. The first-order chi connectivity index (χ1) is 15.1. The Morgan fingerprint density at radius 3 is 2.81 bits per heavy atom. The van der Waals surface area contributed by atoms with E-state index in [9.17, 15) is 9.18 Å². The molecule has 1 aromatic heterocycles. The standard InChI is InChI=1S/C23H20ClFN2O4/c24-16-2-1-3-19(12-16)30-11-10-27-21(14-29-15-23(27)28)20-13-26-9-8-22(20)31-18-6-4-17(25)5-7-18/h1-9,12-13,21H,10-11,14-15H2. The second-order valence-electron chi connectivity index (χ2n) is 6.89. The quantitative estimate of drug-likeness (QED) is 0.533. The molecule has 0 N–H and O–H groups in total. The van der Waals surface area contributed by atoms with Gasteiger partial charge in [0.05, 0.1) is 19.2 Å². The van der Waals surface area contributed by atoms with Crippen molar-refractivity contribution in [2.24, 2.45) is 0 Å². The van der Waals surface area contributed by atoms with Gasteiger partial charge in [-0.3, -0.25) is 9.78 Å². The first-order valence-corrected chi connectivity index (χ1v) is 10.1. The number of ether oxygens (including phenoxy) is 3. The van der Waals surface area contributed by atoms with Crippen LogP contribution in [0.25, 0.3) is 0 Å². The highest BCUT2D eigenvalue weighted by Gasteiger charge is 2.32. The van der Waals surface area contributed by atoms with E-state index >= 15 is 0 Å². The molecule has 0 aliphatic carbocycles. The minimum absolute atomic E-state index is 0.00206. The van der Waals surface area contributed by atoms with Crippen molar-refractivity contribution in [3.8, 4) is 17.2 Å². The van der Waals surface area contributed by atoms with Crippen molar-refractivity contribution in [1.29, 1.82) is 0 Å². The van der Waals surface area contributed by atoms with Crippen molar-refractivity contribution in [3.05, 3.63) is 83.4 Å². The number of morpholine rings is 1. The van der Waals surface area contributed by atoms with Gasteiger partial charge in [-0.25, -0.2) is 4.39 Å². The fourth-order valence-electron chi connectivity index (χ4n) is 3.33. The third-order valence-corrected chi connectivity index (χ3v) is 5.04. The van der Waals surface area contributed by atoms with Crippen LogP contribution in [0.2, 0.25) is 5.02 Å². The third-order valence-electron chi connectivity index (χ3n) is 4.81. The number of carbonyl (C=O) groups is 1. The van der Waals surface area contributed by atoms with Crippen LogP contribution in [0.1, 0.15) is 11.6 Å². The van der Waals surface area contributed by atoms with E-state index in [1.54, 1.807) is 59.8 Å². The Labute approximate surface area is 184 Å². The van der Waals surface area contributed by atoms with E-state index in [0.717, 1.165) is 0 Å². The number of carbonyl (C=O) groups excluding carboxylic acids is 1. The summed E-state index contributed by atoms with van der Waals surface area (Å²) in [6, 6.07) is 14.1. The van der Waals surface area contributed by atoms with Crippen LogP contribution in [0.5, 0.6) is 17.2 Å². The first kappa shape index (κ1) is 21.1. The molecule has 1 atom stereocenters. The van der Waals surface area contributed by atoms with Crippen molar-refractivity contribution < 1.29 is 23.4 Å². The molecule has 0 spiro atoms. The maximum absolute atomic E-state index is 13.2. The Morgan fingerprint density at radius 2 is 2.00 bits per heavy atom. The van der Waals surface area contributed by atoms with E-state index in [2.05, 4.69) is 4.98 Å². The molecule has 1 fully saturated rings. The van der Waals surface area contributed by atoms with Crippen LogP contribution in [0, 0.1) is 5.82 Å². The molecule has 2 heterocycles. The lowest BCUT2D eigenvalue weighted by Gasteiger charge is -2.36. The van der Waals surface area contributed by atoms with Gasteiger partial charge in [-0.05, 0) is 48.5 Å². The zero-order chi connectivity index (χ0) is 21.6. The molecule has 0 bridgehead atoms. The number of hydrogen-bond acceptors (Lipinski definition) is 5. The molecule has 8 heteroatoms. The lowest BCUT2D eigenvalue weighted by atomic mass is 10.1. The lowest BCUT2D eigenvalue weighted by molar-refractivity contribution is -0.149. The van der Waals surface area contributed by atoms with Crippen LogP contribution >= 0.6 is 11.6 Å². The fraction of sp³-hybridized carbons (Fsp3) is 0.217. The summed E-state index contributed by atoms with van der Waals surface area (Å²) in [5.74, 6) is 1.13. The second kappa shape index (κ2) is 9.76. The average Bonchev–Trinajstić information content (AvgIpc) is 2.77. The number of benzene rings is 2. The topological polar surface area (TPSA) is 60.9 Å². The summed E-state index contributed by atoms with van der Waals surface area (Å²) in [5.41, 5.74) is 0.697. The number of nitrogens with zero attached hydrogens (tertiary/aromatic N) is 2. The number of aromatic nitrogens is 1. The summed E-state index contributed by atoms with van der Waals surface area (Å²) >= 11 is 5.99. The van der Waals surface area contributed by atoms with E-state index in [1.165, 1.54) is 12.1 Å². The molecule has 160 valence electrons. The largest absolute Gasteiger partial charge is 0.492 e. The molecule has 1 aliphatic heterocycles. The Kier molecular flexibility index (Phi) is 6.64. The predicted molar refractivity (Wildman–Crippen MR) is 113 cm³/mol. The highest BCUT2D eigenvalue weighted by molar-refractivity contribution is 6.30. The zero-order valence-electron chi connectivity index (χ0n) is 16.5. The van der Waals surface area contributed by atoms with E-state index in [-0.39, 0.29) is 24.9 Å². The Hall–Kier alpha value is -3.16. The highest BCUT2D eigenvalue weighted by atomic mass is 35.5. The minimum Gasteiger partial charge on any atom is -0.492 e. The third kappa shape index (κ3) is 5.31. The molecule has 2 aromatic carbocycles. The molecule has 1 saturated heterocycles. The summed E-state index contributed by atoms with van der Waals surface area (Å²) in [6.07, 6.45) is 3.25. The van der Waals surface area contributed by atoms with E-state index in [0.29, 0.717) is 41.0 Å². The van der Waals surface area contributed by atoms with Crippen molar-refractivity contribution in [2.45, 2.75) is 6.04 Å². The van der Waals surface area contributed by atoms with Gasteiger partial charge in [0.25, 0.3) is 0 Å². The Balaban J connectivity index is 1.51. The molecular weight excluding hydrogens is 423 g/mol. The van der Waals surface area contributed by atoms with Crippen LogP contribution in [-0.2, 0) is 9.53 Å². The van der Waals surface area contributed by atoms with Gasteiger partial charge in [-0.2, -0.15) is 0 Å². The number of halogens is 2. The van der Waals surface area contributed by atoms with Crippen LogP contribution in [0.3, 0.4) is 0 Å². The molecule has 0 saturated carbocycles. The molecule has 31 heavy (non-hydrogen) atoms. The molecule has 0 radical (unpaired) electrons. The minimum atomic E-state index is -0.395. The van der Waals surface area contributed by atoms with Crippen LogP contribution in [0.4, 0.5) is 4.39 Å². The SMILES string of the molecule is O=C1COCC(c2cnccc2Oc2ccc(F)cc2)N1CCOc1cccc(Cl)c1. The highest BCUT2D eigenvalue weighted by Crippen LogP contribution is 2.34. The second-order valence-corrected chi connectivity index (χ2v) is 7.33. The Bertz CT molecular complexity index is 1050. The summed E-state index contributed by atoms with van der Waals surface area (Å²) in [5, 5.41) is 0.579.